The lowest BCUT2D eigenvalue weighted by molar-refractivity contribution is 0.0992. The number of hydrogen-bond donors (Lipinski definition) is 0. The maximum atomic E-state index is 5.54. The predicted molar refractivity (Wildman–Crippen MR) is 47.8 cm³/mol. The minimum Gasteiger partial charge on any atom is -0.487 e. The van der Waals surface area contributed by atoms with E-state index in [-0.39, 0.29) is 12.9 Å². The second-order valence-corrected chi connectivity index (χ2v) is 3.28. The zero-order valence-corrected chi connectivity index (χ0v) is 7.56. The van der Waals surface area contributed by atoms with Crippen molar-refractivity contribution in [2.75, 3.05) is 20.0 Å². The lowest BCUT2D eigenvalue weighted by atomic mass is 10.3. The van der Waals surface area contributed by atoms with Gasteiger partial charge >= 0.3 is 0 Å². The quantitative estimate of drug-likeness (QED) is 0.678. The SMILES string of the molecule is c1cc(OCC2CO2)c2cc1OCO2. The maximum Gasteiger partial charge on any atom is 0.231 e. The first-order chi connectivity index (χ1) is 6.92. The van der Waals surface area contributed by atoms with E-state index in [1.54, 1.807) is 0 Å². The molecule has 1 aromatic rings. The molecule has 2 aliphatic heterocycles. The summed E-state index contributed by atoms with van der Waals surface area (Å²) in [7, 11) is 0. The molecule has 0 radical (unpaired) electrons. The minimum atomic E-state index is 0.262. The number of rotatable bonds is 3. The summed E-state index contributed by atoms with van der Waals surface area (Å²) >= 11 is 0. The maximum absolute atomic E-state index is 5.54. The Labute approximate surface area is 81.3 Å². The lowest BCUT2D eigenvalue weighted by Crippen LogP contribution is -2.12. The van der Waals surface area contributed by atoms with Gasteiger partial charge in [-0.25, -0.2) is 0 Å². The van der Waals surface area contributed by atoms with E-state index >= 15 is 0 Å². The number of ether oxygens (including phenoxy) is 4. The lowest BCUT2D eigenvalue weighted by Gasteiger charge is -2.18. The predicted octanol–water partition coefficient (Wildman–Crippen LogP) is 1.19. The van der Waals surface area contributed by atoms with E-state index in [9.17, 15) is 0 Å². The summed E-state index contributed by atoms with van der Waals surface area (Å²) in [5.41, 5.74) is 0. The first-order valence-corrected chi connectivity index (χ1v) is 4.56. The molecule has 4 nitrogen and oxygen atoms in total. The van der Waals surface area contributed by atoms with E-state index in [1.165, 1.54) is 0 Å². The van der Waals surface area contributed by atoms with E-state index in [1.807, 2.05) is 18.2 Å². The first kappa shape index (κ1) is 7.94. The van der Waals surface area contributed by atoms with Gasteiger partial charge in [-0.2, -0.15) is 0 Å². The van der Waals surface area contributed by atoms with E-state index in [0.29, 0.717) is 6.61 Å². The Morgan fingerprint density at radius 3 is 3.14 bits per heavy atom. The van der Waals surface area contributed by atoms with Crippen LogP contribution in [0.25, 0.3) is 0 Å². The van der Waals surface area contributed by atoms with Crippen molar-refractivity contribution in [3.63, 3.8) is 0 Å². The highest BCUT2D eigenvalue weighted by Crippen LogP contribution is 2.34. The van der Waals surface area contributed by atoms with Crippen LogP contribution in [0.4, 0.5) is 0 Å². The average Bonchev–Trinajstić information content (AvgIpc) is 3.01. The molecule has 2 heterocycles. The van der Waals surface area contributed by atoms with Crippen LogP contribution in [0, 0.1) is 0 Å². The standard InChI is InChI=1S/C10H10O4/c1-2-9(12-5-8-4-11-8)10-3-7(1)13-6-14-10/h1-3,8H,4-6H2. The summed E-state index contributed by atoms with van der Waals surface area (Å²) < 4.78 is 21.0. The molecule has 2 aliphatic rings. The summed E-state index contributed by atoms with van der Waals surface area (Å²) in [4.78, 5) is 0. The summed E-state index contributed by atoms with van der Waals surface area (Å²) in [6.45, 7) is 1.66. The van der Waals surface area contributed by atoms with E-state index < -0.39 is 0 Å². The molecular formula is C10H10O4. The molecule has 0 spiro atoms. The first-order valence-electron chi connectivity index (χ1n) is 4.56. The third-order valence-corrected chi connectivity index (χ3v) is 2.18. The molecule has 1 aromatic carbocycles. The van der Waals surface area contributed by atoms with Gasteiger partial charge in [-0.05, 0) is 12.1 Å². The van der Waals surface area contributed by atoms with Crippen molar-refractivity contribution in [1.82, 2.24) is 0 Å². The van der Waals surface area contributed by atoms with Crippen molar-refractivity contribution in [2.24, 2.45) is 0 Å². The van der Waals surface area contributed by atoms with Crippen LogP contribution in [0.2, 0.25) is 0 Å². The Kier molecular flexibility index (Phi) is 1.73. The highest BCUT2D eigenvalue weighted by Gasteiger charge is 2.24. The molecule has 3 rings (SSSR count). The third-order valence-electron chi connectivity index (χ3n) is 2.18. The Balaban J connectivity index is 1.76. The number of epoxide rings is 1. The van der Waals surface area contributed by atoms with Crippen LogP contribution in [-0.4, -0.2) is 26.1 Å². The highest BCUT2D eigenvalue weighted by molar-refractivity contribution is 5.46. The van der Waals surface area contributed by atoms with Crippen molar-refractivity contribution < 1.29 is 18.9 Å². The Morgan fingerprint density at radius 1 is 1.36 bits per heavy atom. The van der Waals surface area contributed by atoms with Gasteiger partial charge in [0.1, 0.15) is 18.5 Å². The summed E-state index contributed by atoms with van der Waals surface area (Å²) in [6.07, 6.45) is 0.265. The van der Waals surface area contributed by atoms with Crippen molar-refractivity contribution in [3.8, 4) is 17.2 Å². The molecule has 0 aromatic heterocycles. The van der Waals surface area contributed by atoms with Crippen molar-refractivity contribution in [3.05, 3.63) is 18.2 Å². The fourth-order valence-corrected chi connectivity index (χ4v) is 1.32. The fourth-order valence-electron chi connectivity index (χ4n) is 1.32. The molecule has 0 amide bonds. The van der Waals surface area contributed by atoms with Crippen molar-refractivity contribution in [2.45, 2.75) is 6.10 Å². The van der Waals surface area contributed by atoms with Gasteiger partial charge in [0.2, 0.25) is 6.79 Å². The molecular weight excluding hydrogens is 184 g/mol. The highest BCUT2D eigenvalue weighted by atomic mass is 16.7. The topological polar surface area (TPSA) is 40.2 Å². The van der Waals surface area contributed by atoms with Gasteiger partial charge in [0.25, 0.3) is 0 Å². The molecule has 1 atom stereocenters. The molecule has 2 bridgehead atoms. The molecule has 1 unspecified atom stereocenters. The fraction of sp³-hybridized carbons (Fsp3) is 0.400. The van der Waals surface area contributed by atoms with Crippen molar-refractivity contribution >= 4 is 0 Å². The van der Waals surface area contributed by atoms with Gasteiger partial charge in [-0.3, -0.25) is 0 Å². The van der Waals surface area contributed by atoms with Crippen LogP contribution in [0.5, 0.6) is 17.2 Å². The van der Waals surface area contributed by atoms with Gasteiger partial charge in [-0.1, -0.05) is 0 Å². The molecule has 14 heavy (non-hydrogen) atoms. The second kappa shape index (κ2) is 3.06. The summed E-state index contributed by atoms with van der Waals surface area (Å²) in [5.74, 6) is 2.32. The zero-order chi connectivity index (χ0) is 9.38. The monoisotopic (exact) mass is 194 g/mol. The van der Waals surface area contributed by atoms with Crippen molar-refractivity contribution in [1.29, 1.82) is 0 Å². The molecule has 0 aliphatic carbocycles. The van der Waals surface area contributed by atoms with Gasteiger partial charge in [0.05, 0.1) is 6.61 Å². The number of hydrogen-bond acceptors (Lipinski definition) is 4. The number of benzene rings is 1. The van der Waals surface area contributed by atoms with E-state index in [0.717, 1.165) is 23.9 Å². The molecule has 74 valence electrons. The van der Waals surface area contributed by atoms with E-state index in [4.69, 9.17) is 18.9 Å². The number of fused-ring (bicyclic) bond motifs is 2. The normalized spacial score (nSPS) is 22.1. The molecule has 1 fully saturated rings. The second-order valence-electron chi connectivity index (χ2n) is 3.28. The Hall–Kier alpha value is -1.42. The minimum absolute atomic E-state index is 0.262. The average molecular weight is 194 g/mol. The summed E-state index contributed by atoms with van der Waals surface area (Å²) in [6, 6.07) is 5.55. The Bertz CT molecular complexity index is 346. The molecule has 1 saturated heterocycles. The van der Waals surface area contributed by atoms with Crippen LogP contribution in [0.3, 0.4) is 0 Å². The van der Waals surface area contributed by atoms with Crippen LogP contribution in [0.1, 0.15) is 0 Å². The van der Waals surface area contributed by atoms with Crippen LogP contribution in [-0.2, 0) is 4.74 Å². The molecule has 0 N–H and O–H groups in total. The molecule has 0 saturated carbocycles. The van der Waals surface area contributed by atoms with E-state index in [2.05, 4.69) is 0 Å². The van der Waals surface area contributed by atoms with Gasteiger partial charge < -0.3 is 18.9 Å². The zero-order valence-electron chi connectivity index (χ0n) is 7.56. The van der Waals surface area contributed by atoms with Gasteiger partial charge in [0.15, 0.2) is 11.5 Å². The summed E-state index contributed by atoms with van der Waals surface area (Å²) in [5, 5.41) is 0. The van der Waals surface area contributed by atoms with Gasteiger partial charge in [0, 0.05) is 6.07 Å². The largest absolute Gasteiger partial charge is 0.487 e. The van der Waals surface area contributed by atoms with Gasteiger partial charge in [-0.15, -0.1) is 0 Å². The van der Waals surface area contributed by atoms with Crippen LogP contribution in [0.15, 0.2) is 18.2 Å². The smallest absolute Gasteiger partial charge is 0.231 e. The third kappa shape index (κ3) is 1.48. The molecule has 4 heteroatoms. The van der Waals surface area contributed by atoms with Crippen LogP contribution >= 0.6 is 0 Å². The Morgan fingerprint density at radius 2 is 2.29 bits per heavy atom. The van der Waals surface area contributed by atoms with Crippen LogP contribution < -0.4 is 14.2 Å².